The Labute approximate surface area is 133 Å². The van der Waals surface area contributed by atoms with Gasteiger partial charge in [0.15, 0.2) is 11.9 Å². The third-order valence-electron chi connectivity index (χ3n) is 3.95. The van der Waals surface area contributed by atoms with E-state index in [1.165, 1.54) is 0 Å². The molecule has 1 aromatic carbocycles. The van der Waals surface area contributed by atoms with Gasteiger partial charge in [0, 0.05) is 12.7 Å². The van der Waals surface area contributed by atoms with E-state index in [0.29, 0.717) is 37.9 Å². The first-order valence-corrected chi connectivity index (χ1v) is 7.54. The molecule has 1 unspecified atom stereocenters. The Morgan fingerprint density at radius 2 is 2.04 bits per heavy atom. The number of benzene rings is 1. The smallest absolute Gasteiger partial charge is 0.410 e. The first kappa shape index (κ1) is 13.9. The van der Waals surface area contributed by atoms with Gasteiger partial charge in [0.25, 0.3) is 5.88 Å². The van der Waals surface area contributed by atoms with Crippen LogP contribution in [0, 0.1) is 0 Å². The summed E-state index contributed by atoms with van der Waals surface area (Å²) in [4.78, 5) is 17.3. The molecule has 1 amide bonds. The van der Waals surface area contributed by atoms with Crippen LogP contribution in [-0.2, 0) is 11.3 Å². The predicted molar refractivity (Wildman–Crippen MR) is 81.3 cm³/mol. The van der Waals surface area contributed by atoms with Crippen molar-refractivity contribution in [3.8, 4) is 11.6 Å². The average molecular weight is 312 g/mol. The molecule has 1 fully saturated rings. The molecule has 2 aliphatic rings. The molecule has 3 heterocycles. The van der Waals surface area contributed by atoms with Gasteiger partial charge in [-0.1, -0.05) is 24.3 Å². The third kappa shape index (κ3) is 2.79. The molecule has 1 saturated heterocycles. The van der Waals surface area contributed by atoms with Crippen molar-refractivity contribution in [1.29, 1.82) is 0 Å². The summed E-state index contributed by atoms with van der Waals surface area (Å²) in [6.45, 7) is 2.13. The van der Waals surface area contributed by atoms with Crippen LogP contribution < -0.4 is 9.47 Å². The molecule has 1 atom stereocenters. The molecule has 2 aromatic rings. The van der Waals surface area contributed by atoms with Crippen LogP contribution in [0.2, 0.25) is 0 Å². The number of carbonyl (C=O) groups excluding carboxylic acids is 1. The van der Waals surface area contributed by atoms with E-state index in [2.05, 4.69) is 4.98 Å². The monoisotopic (exact) mass is 312 g/mol. The average Bonchev–Trinajstić information content (AvgIpc) is 3.00. The van der Waals surface area contributed by atoms with Crippen molar-refractivity contribution in [2.24, 2.45) is 0 Å². The Balaban J connectivity index is 1.45. The number of ether oxygens (including phenoxy) is 3. The van der Waals surface area contributed by atoms with Crippen molar-refractivity contribution < 1.29 is 19.0 Å². The van der Waals surface area contributed by atoms with Crippen LogP contribution in [0.25, 0.3) is 0 Å². The summed E-state index contributed by atoms with van der Waals surface area (Å²) in [6, 6.07) is 11.7. The Kier molecular flexibility index (Phi) is 3.49. The van der Waals surface area contributed by atoms with Gasteiger partial charge in [-0.2, -0.15) is 0 Å². The van der Waals surface area contributed by atoms with E-state index >= 15 is 0 Å². The number of nitrogens with zero attached hydrogens (tertiary/aromatic N) is 2. The van der Waals surface area contributed by atoms with Crippen molar-refractivity contribution in [1.82, 2.24) is 9.88 Å². The summed E-state index contributed by atoms with van der Waals surface area (Å²) in [7, 11) is 0. The second-order valence-electron chi connectivity index (χ2n) is 5.50. The standard InChI is InChI=1S/C17H16N2O4/c20-17-19(8-9-21-17)10-12-3-5-13(6-4-12)15-11-22-14-2-1-7-18-16(14)23-15/h1-7,15H,8-11H2. The van der Waals surface area contributed by atoms with Crippen LogP contribution in [-0.4, -0.2) is 35.7 Å². The largest absolute Gasteiger partial charge is 0.484 e. The van der Waals surface area contributed by atoms with E-state index in [1.807, 2.05) is 36.4 Å². The second-order valence-corrected chi connectivity index (χ2v) is 5.50. The molecule has 2 aliphatic heterocycles. The van der Waals surface area contributed by atoms with Gasteiger partial charge in [0.2, 0.25) is 0 Å². The number of aromatic nitrogens is 1. The lowest BCUT2D eigenvalue weighted by atomic mass is 10.1. The summed E-state index contributed by atoms with van der Waals surface area (Å²) in [5.74, 6) is 1.19. The van der Waals surface area contributed by atoms with E-state index in [-0.39, 0.29) is 12.2 Å². The zero-order chi connectivity index (χ0) is 15.6. The van der Waals surface area contributed by atoms with Crippen LogP contribution >= 0.6 is 0 Å². The molecule has 118 valence electrons. The van der Waals surface area contributed by atoms with Crippen LogP contribution in [0.3, 0.4) is 0 Å². The first-order valence-electron chi connectivity index (χ1n) is 7.54. The van der Waals surface area contributed by atoms with E-state index in [9.17, 15) is 4.79 Å². The minimum atomic E-state index is -0.249. The fraction of sp³-hybridized carbons (Fsp3) is 0.294. The van der Waals surface area contributed by atoms with Crippen molar-refractivity contribution in [3.63, 3.8) is 0 Å². The van der Waals surface area contributed by atoms with Crippen molar-refractivity contribution in [3.05, 3.63) is 53.7 Å². The normalized spacial score (nSPS) is 19.6. The van der Waals surface area contributed by atoms with Gasteiger partial charge in [-0.15, -0.1) is 0 Å². The van der Waals surface area contributed by atoms with E-state index < -0.39 is 0 Å². The minimum absolute atomic E-state index is 0.178. The van der Waals surface area contributed by atoms with Crippen molar-refractivity contribution in [2.75, 3.05) is 19.8 Å². The molecule has 0 spiro atoms. The SMILES string of the molecule is O=C1OCCN1Cc1ccc(C2COc3cccnc3O2)cc1. The summed E-state index contributed by atoms with van der Waals surface area (Å²) in [5, 5.41) is 0. The first-order chi connectivity index (χ1) is 11.3. The summed E-state index contributed by atoms with van der Waals surface area (Å²) < 4.78 is 16.5. The van der Waals surface area contributed by atoms with Gasteiger partial charge in [-0.3, -0.25) is 0 Å². The third-order valence-corrected chi connectivity index (χ3v) is 3.95. The molecule has 1 aromatic heterocycles. The maximum absolute atomic E-state index is 11.5. The molecule has 0 bridgehead atoms. The highest BCUT2D eigenvalue weighted by molar-refractivity contribution is 5.69. The zero-order valence-corrected chi connectivity index (χ0v) is 12.5. The molecule has 0 aliphatic carbocycles. The highest BCUT2D eigenvalue weighted by Gasteiger charge is 2.24. The lowest BCUT2D eigenvalue weighted by Gasteiger charge is -2.25. The maximum Gasteiger partial charge on any atom is 0.410 e. The van der Waals surface area contributed by atoms with E-state index in [4.69, 9.17) is 14.2 Å². The molecule has 0 N–H and O–H groups in total. The lowest BCUT2D eigenvalue weighted by molar-refractivity contribution is 0.0851. The highest BCUT2D eigenvalue weighted by Crippen LogP contribution is 2.33. The van der Waals surface area contributed by atoms with Crippen LogP contribution in [0.1, 0.15) is 17.2 Å². The lowest BCUT2D eigenvalue weighted by Crippen LogP contribution is -2.24. The van der Waals surface area contributed by atoms with E-state index in [0.717, 1.165) is 11.1 Å². The molecule has 0 radical (unpaired) electrons. The number of pyridine rings is 1. The number of cyclic esters (lactones) is 1. The summed E-state index contributed by atoms with van der Waals surface area (Å²) >= 11 is 0. The number of rotatable bonds is 3. The molecule has 23 heavy (non-hydrogen) atoms. The fourth-order valence-electron chi connectivity index (χ4n) is 2.70. The van der Waals surface area contributed by atoms with Crippen LogP contribution in [0.5, 0.6) is 11.6 Å². The van der Waals surface area contributed by atoms with Crippen LogP contribution in [0.4, 0.5) is 4.79 Å². The van der Waals surface area contributed by atoms with Gasteiger partial charge in [-0.05, 0) is 23.3 Å². The minimum Gasteiger partial charge on any atom is -0.484 e. The molecular weight excluding hydrogens is 296 g/mol. The number of amides is 1. The Bertz CT molecular complexity index is 717. The fourth-order valence-corrected chi connectivity index (χ4v) is 2.70. The Hall–Kier alpha value is -2.76. The van der Waals surface area contributed by atoms with Gasteiger partial charge in [0.05, 0.1) is 6.54 Å². The Morgan fingerprint density at radius 1 is 1.17 bits per heavy atom. The topological polar surface area (TPSA) is 60.9 Å². The highest BCUT2D eigenvalue weighted by atomic mass is 16.6. The number of carbonyl (C=O) groups is 1. The number of hydrogen-bond acceptors (Lipinski definition) is 5. The number of hydrogen-bond donors (Lipinski definition) is 0. The van der Waals surface area contributed by atoms with Gasteiger partial charge >= 0.3 is 6.09 Å². The van der Waals surface area contributed by atoms with Gasteiger partial charge in [0.1, 0.15) is 13.2 Å². The van der Waals surface area contributed by atoms with Crippen molar-refractivity contribution >= 4 is 6.09 Å². The predicted octanol–water partition coefficient (Wildman–Crippen LogP) is 2.55. The number of fused-ring (bicyclic) bond motifs is 1. The molecular formula is C17H16N2O4. The summed E-state index contributed by atoms with van der Waals surface area (Å²) in [5.41, 5.74) is 2.08. The maximum atomic E-state index is 11.5. The summed E-state index contributed by atoms with van der Waals surface area (Å²) in [6.07, 6.45) is 1.26. The molecule has 4 rings (SSSR count). The van der Waals surface area contributed by atoms with Crippen LogP contribution in [0.15, 0.2) is 42.6 Å². The molecule has 0 saturated carbocycles. The second kappa shape index (κ2) is 5.79. The van der Waals surface area contributed by atoms with E-state index in [1.54, 1.807) is 11.1 Å². The zero-order valence-electron chi connectivity index (χ0n) is 12.5. The van der Waals surface area contributed by atoms with Gasteiger partial charge in [-0.25, -0.2) is 9.78 Å². The van der Waals surface area contributed by atoms with Gasteiger partial charge < -0.3 is 19.1 Å². The molecule has 6 heteroatoms. The quantitative estimate of drug-likeness (QED) is 0.871. The van der Waals surface area contributed by atoms with Crippen molar-refractivity contribution in [2.45, 2.75) is 12.6 Å². The molecule has 6 nitrogen and oxygen atoms in total. The Morgan fingerprint density at radius 3 is 2.83 bits per heavy atom.